The van der Waals surface area contributed by atoms with Crippen LogP contribution in [0.3, 0.4) is 0 Å². The lowest BCUT2D eigenvalue weighted by Crippen LogP contribution is -2.33. The first-order valence-corrected chi connectivity index (χ1v) is 7.70. The van der Waals surface area contributed by atoms with E-state index >= 15 is 0 Å². The molecule has 0 aliphatic rings. The number of fused-ring (bicyclic) bond motifs is 1. The molecule has 2 aromatic carbocycles. The third kappa shape index (κ3) is 3.11. The minimum absolute atomic E-state index is 0.0138. The van der Waals surface area contributed by atoms with Crippen molar-refractivity contribution in [1.29, 1.82) is 0 Å². The summed E-state index contributed by atoms with van der Waals surface area (Å²) in [7, 11) is 0. The van der Waals surface area contributed by atoms with E-state index in [0.29, 0.717) is 6.54 Å². The van der Waals surface area contributed by atoms with Crippen molar-refractivity contribution in [2.75, 3.05) is 11.4 Å². The molecule has 3 rings (SSSR count). The van der Waals surface area contributed by atoms with E-state index in [2.05, 4.69) is 0 Å². The lowest BCUT2D eigenvalue weighted by atomic mass is 10.2. The average molecular weight is 310 g/mol. The smallest absolute Gasteiger partial charge is 0.246 e. The third-order valence-corrected chi connectivity index (χ3v) is 3.97. The van der Waals surface area contributed by atoms with Crippen LogP contribution in [0.5, 0.6) is 0 Å². The van der Waals surface area contributed by atoms with E-state index in [1.807, 2.05) is 54.9 Å². The van der Waals surface area contributed by atoms with Gasteiger partial charge in [0, 0.05) is 29.3 Å². The van der Waals surface area contributed by atoms with Crippen LogP contribution in [0.1, 0.15) is 12.5 Å². The van der Waals surface area contributed by atoms with Crippen molar-refractivity contribution in [1.82, 2.24) is 4.57 Å². The van der Waals surface area contributed by atoms with Gasteiger partial charge in [0.15, 0.2) is 0 Å². The van der Waals surface area contributed by atoms with Crippen molar-refractivity contribution in [2.24, 2.45) is 0 Å². The van der Waals surface area contributed by atoms with Gasteiger partial charge in [-0.25, -0.2) is 4.39 Å². The Bertz CT molecular complexity index is 853. The van der Waals surface area contributed by atoms with Crippen molar-refractivity contribution in [2.45, 2.75) is 20.4 Å². The van der Waals surface area contributed by atoms with Crippen LogP contribution < -0.4 is 4.90 Å². The largest absolute Gasteiger partial charge is 0.338 e. The van der Waals surface area contributed by atoms with Crippen LogP contribution in [0.4, 0.5) is 10.1 Å². The molecule has 4 heteroatoms. The zero-order valence-electron chi connectivity index (χ0n) is 13.3. The summed E-state index contributed by atoms with van der Waals surface area (Å²) in [5.74, 6) is -0.253. The van der Waals surface area contributed by atoms with Crippen LogP contribution in [0.2, 0.25) is 0 Å². The van der Waals surface area contributed by atoms with E-state index < -0.39 is 0 Å². The molecule has 0 fully saturated rings. The Kier molecular flexibility index (Phi) is 4.15. The second-order valence-electron chi connectivity index (χ2n) is 5.62. The van der Waals surface area contributed by atoms with E-state index in [4.69, 9.17) is 0 Å². The van der Waals surface area contributed by atoms with Gasteiger partial charge < -0.3 is 9.47 Å². The summed E-state index contributed by atoms with van der Waals surface area (Å²) in [6.07, 6.45) is 1.83. The van der Waals surface area contributed by atoms with Gasteiger partial charge in [0.25, 0.3) is 0 Å². The fraction of sp³-hybridized carbons (Fsp3) is 0.211. The predicted octanol–water partition coefficient (Wildman–Crippen LogP) is 4.14. The monoisotopic (exact) mass is 310 g/mol. The molecule has 0 saturated carbocycles. The molecule has 0 aliphatic carbocycles. The fourth-order valence-electron chi connectivity index (χ4n) is 2.84. The Labute approximate surface area is 135 Å². The number of rotatable bonds is 4. The lowest BCUT2D eigenvalue weighted by Gasteiger charge is -2.22. The average Bonchev–Trinajstić information content (AvgIpc) is 2.90. The summed E-state index contributed by atoms with van der Waals surface area (Å²) in [6, 6.07) is 14.3. The summed E-state index contributed by atoms with van der Waals surface area (Å²) < 4.78 is 15.1. The van der Waals surface area contributed by atoms with Crippen molar-refractivity contribution < 1.29 is 9.18 Å². The Morgan fingerprint density at radius 3 is 2.74 bits per heavy atom. The van der Waals surface area contributed by atoms with Gasteiger partial charge in [-0.05, 0) is 55.8 Å². The second kappa shape index (κ2) is 6.24. The summed E-state index contributed by atoms with van der Waals surface area (Å²) in [6.45, 7) is 4.81. The predicted molar refractivity (Wildman–Crippen MR) is 91.1 cm³/mol. The molecule has 118 valence electrons. The number of likely N-dealkylation sites (N-methyl/N-ethyl adjacent to an activating group) is 1. The fourth-order valence-corrected chi connectivity index (χ4v) is 2.84. The molecule has 0 radical (unpaired) electrons. The van der Waals surface area contributed by atoms with Gasteiger partial charge in [-0.3, -0.25) is 4.79 Å². The zero-order chi connectivity index (χ0) is 16.4. The van der Waals surface area contributed by atoms with Crippen molar-refractivity contribution in [3.8, 4) is 0 Å². The highest BCUT2D eigenvalue weighted by Gasteiger charge is 2.15. The molecule has 1 amide bonds. The number of halogens is 1. The molecule has 3 aromatic rings. The quantitative estimate of drug-likeness (QED) is 0.711. The van der Waals surface area contributed by atoms with Gasteiger partial charge in [0.05, 0.1) is 0 Å². The standard InChI is InChI=1S/C19H19FN2O/c1-3-22(17-6-4-5-14(2)11-17)19(23)13-21-10-9-15-12-16(20)7-8-18(15)21/h4-12H,3,13H2,1-2H3. The van der Waals surface area contributed by atoms with E-state index in [0.717, 1.165) is 22.2 Å². The molecule has 0 unspecified atom stereocenters. The summed E-state index contributed by atoms with van der Waals surface area (Å²) in [5.41, 5.74) is 2.88. The summed E-state index contributed by atoms with van der Waals surface area (Å²) in [4.78, 5) is 14.5. The van der Waals surface area contributed by atoms with E-state index in [9.17, 15) is 9.18 Å². The number of amides is 1. The number of carbonyl (C=O) groups is 1. The van der Waals surface area contributed by atoms with Crippen LogP contribution in [0.15, 0.2) is 54.7 Å². The molecule has 0 aliphatic heterocycles. The minimum atomic E-state index is -0.267. The maximum Gasteiger partial charge on any atom is 0.246 e. The molecule has 3 nitrogen and oxygen atoms in total. The first-order valence-electron chi connectivity index (χ1n) is 7.70. The van der Waals surface area contributed by atoms with Crippen LogP contribution in [0.25, 0.3) is 10.9 Å². The minimum Gasteiger partial charge on any atom is -0.338 e. The van der Waals surface area contributed by atoms with Gasteiger partial charge in [0.2, 0.25) is 5.91 Å². The molecule has 1 aromatic heterocycles. The van der Waals surface area contributed by atoms with Crippen LogP contribution in [-0.2, 0) is 11.3 Å². The number of benzene rings is 2. The molecular weight excluding hydrogens is 291 g/mol. The van der Waals surface area contributed by atoms with Crippen molar-refractivity contribution in [3.63, 3.8) is 0 Å². The molecular formula is C19H19FN2O. The Balaban J connectivity index is 1.87. The van der Waals surface area contributed by atoms with Crippen LogP contribution >= 0.6 is 0 Å². The molecule has 0 saturated heterocycles. The number of aromatic nitrogens is 1. The second-order valence-corrected chi connectivity index (χ2v) is 5.62. The molecule has 0 atom stereocenters. The molecule has 1 heterocycles. The highest BCUT2D eigenvalue weighted by atomic mass is 19.1. The Hall–Kier alpha value is -2.62. The lowest BCUT2D eigenvalue weighted by molar-refractivity contribution is -0.119. The number of hydrogen-bond donors (Lipinski definition) is 0. The van der Waals surface area contributed by atoms with Crippen molar-refractivity contribution >= 4 is 22.5 Å². The van der Waals surface area contributed by atoms with Gasteiger partial charge in [0.1, 0.15) is 12.4 Å². The van der Waals surface area contributed by atoms with E-state index in [-0.39, 0.29) is 18.3 Å². The van der Waals surface area contributed by atoms with Gasteiger partial charge in [-0.15, -0.1) is 0 Å². The Morgan fingerprint density at radius 2 is 2.00 bits per heavy atom. The molecule has 23 heavy (non-hydrogen) atoms. The molecule has 0 bridgehead atoms. The van der Waals surface area contributed by atoms with Crippen LogP contribution in [-0.4, -0.2) is 17.0 Å². The maximum atomic E-state index is 13.3. The summed E-state index contributed by atoms with van der Waals surface area (Å²) >= 11 is 0. The highest BCUT2D eigenvalue weighted by Crippen LogP contribution is 2.19. The SMILES string of the molecule is CCN(C(=O)Cn1ccc2cc(F)ccc21)c1cccc(C)c1. The normalized spacial score (nSPS) is 10.9. The highest BCUT2D eigenvalue weighted by molar-refractivity contribution is 5.94. The molecule has 0 N–H and O–H groups in total. The van der Waals surface area contributed by atoms with Gasteiger partial charge in [-0.2, -0.15) is 0 Å². The topological polar surface area (TPSA) is 25.2 Å². The first kappa shape index (κ1) is 15.3. The molecule has 0 spiro atoms. The van der Waals surface area contributed by atoms with E-state index in [1.54, 1.807) is 11.0 Å². The Morgan fingerprint density at radius 1 is 1.17 bits per heavy atom. The number of anilines is 1. The van der Waals surface area contributed by atoms with Crippen LogP contribution in [0, 0.1) is 12.7 Å². The first-order chi connectivity index (χ1) is 11.1. The third-order valence-electron chi connectivity index (χ3n) is 3.97. The van der Waals surface area contributed by atoms with E-state index in [1.165, 1.54) is 12.1 Å². The number of hydrogen-bond acceptors (Lipinski definition) is 1. The zero-order valence-corrected chi connectivity index (χ0v) is 13.3. The number of aryl methyl sites for hydroxylation is 1. The number of carbonyl (C=O) groups excluding carboxylic acids is 1. The van der Waals surface area contributed by atoms with Gasteiger partial charge in [-0.1, -0.05) is 12.1 Å². The number of nitrogens with zero attached hydrogens (tertiary/aromatic N) is 2. The van der Waals surface area contributed by atoms with Crippen molar-refractivity contribution in [3.05, 3.63) is 66.1 Å². The van der Waals surface area contributed by atoms with Gasteiger partial charge >= 0.3 is 0 Å². The maximum absolute atomic E-state index is 13.3. The summed E-state index contributed by atoms with van der Waals surface area (Å²) in [5, 5.41) is 0.802.